The normalized spacial score (nSPS) is 15.3. The Morgan fingerprint density at radius 2 is 2.03 bits per heavy atom. The van der Waals surface area contributed by atoms with E-state index in [1.165, 1.54) is 25.3 Å². The minimum atomic E-state index is 0.0979. The molecule has 1 saturated heterocycles. The van der Waals surface area contributed by atoms with Gasteiger partial charge in [0.25, 0.3) is 0 Å². The van der Waals surface area contributed by atoms with Crippen LogP contribution >= 0.6 is 0 Å². The lowest BCUT2D eigenvalue weighted by molar-refractivity contribution is 0.183. The van der Waals surface area contributed by atoms with Crippen molar-refractivity contribution in [1.82, 2.24) is 10.1 Å². The molecule has 6 nitrogen and oxygen atoms in total. The van der Waals surface area contributed by atoms with E-state index in [2.05, 4.69) is 16.1 Å². The molecule has 1 aliphatic rings. The summed E-state index contributed by atoms with van der Waals surface area (Å²) in [7, 11) is 0. The minimum Gasteiger partial charge on any atom is -0.508 e. The number of fused-ring (bicyclic) bond motifs is 1. The fourth-order valence-electron chi connectivity index (χ4n) is 3.63. The number of phenols is 1. The number of nitriles is 1. The van der Waals surface area contributed by atoms with Crippen LogP contribution in [0.5, 0.6) is 11.5 Å². The third-order valence-electron chi connectivity index (χ3n) is 5.16. The van der Waals surface area contributed by atoms with Gasteiger partial charge in [-0.25, -0.2) is 0 Å². The van der Waals surface area contributed by atoms with Gasteiger partial charge in [0.2, 0.25) is 0 Å². The standard InChI is InChI=1S/C23H23N3O3/c24-16-18(23-20-15-19(27)8-9-22(20)29-25-23)14-17-6-2-3-7-21(17)28-13-12-26-10-4-1-5-11-26/h2-3,6-9,14-15,27H,1,4-5,10-13H2/b18-14+. The zero-order chi connectivity index (χ0) is 20.1. The van der Waals surface area contributed by atoms with E-state index < -0.39 is 0 Å². The minimum absolute atomic E-state index is 0.0979. The Bertz CT molecular complexity index is 1060. The quantitative estimate of drug-likeness (QED) is 0.627. The van der Waals surface area contributed by atoms with Gasteiger partial charge in [-0.3, -0.25) is 4.90 Å². The van der Waals surface area contributed by atoms with Crippen molar-refractivity contribution in [1.29, 1.82) is 5.26 Å². The van der Waals surface area contributed by atoms with Gasteiger partial charge in [-0.2, -0.15) is 5.26 Å². The zero-order valence-corrected chi connectivity index (χ0v) is 16.2. The molecule has 0 unspecified atom stereocenters. The summed E-state index contributed by atoms with van der Waals surface area (Å²) in [5.74, 6) is 0.827. The van der Waals surface area contributed by atoms with Crippen LogP contribution in [-0.4, -0.2) is 41.4 Å². The maximum absolute atomic E-state index is 9.77. The van der Waals surface area contributed by atoms with Crippen LogP contribution in [0.1, 0.15) is 30.5 Å². The molecule has 0 atom stereocenters. The van der Waals surface area contributed by atoms with E-state index >= 15 is 0 Å². The summed E-state index contributed by atoms with van der Waals surface area (Å²) < 4.78 is 11.3. The topological polar surface area (TPSA) is 82.5 Å². The Kier molecular flexibility index (Phi) is 5.78. The largest absolute Gasteiger partial charge is 0.508 e. The molecule has 1 aromatic heterocycles. The van der Waals surface area contributed by atoms with Crippen molar-refractivity contribution in [2.24, 2.45) is 0 Å². The third kappa shape index (κ3) is 4.41. The average molecular weight is 389 g/mol. The number of benzene rings is 2. The zero-order valence-electron chi connectivity index (χ0n) is 16.2. The van der Waals surface area contributed by atoms with Crippen LogP contribution in [0, 0.1) is 11.3 Å². The van der Waals surface area contributed by atoms with E-state index in [4.69, 9.17) is 9.26 Å². The SMILES string of the molecule is N#C/C(=C\c1ccccc1OCCN1CCCCC1)c1noc2ccc(O)cc12. The summed E-state index contributed by atoms with van der Waals surface area (Å²) >= 11 is 0. The molecule has 4 rings (SSSR count). The summed E-state index contributed by atoms with van der Waals surface area (Å²) in [6.45, 7) is 3.77. The maximum Gasteiger partial charge on any atom is 0.167 e. The summed E-state index contributed by atoms with van der Waals surface area (Å²) in [4.78, 5) is 2.43. The van der Waals surface area contributed by atoms with Crippen LogP contribution < -0.4 is 4.74 Å². The van der Waals surface area contributed by atoms with Gasteiger partial charge in [0, 0.05) is 12.1 Å². The molecule has 3 aromatic rings. The number of phenolic OH excluding ortho intramolecular Hbond substituents is 1. The van der Waals surface area contributed by atoms with Gasteiger partial charge in [-0.1, -0.05) is 29.8 Å². The lowest BCUT2D eigenvalue weighted by Crippen LogP contribution is -2.33. The Balaban J connectivity index is 1.56. The first-order chi connectivity index (χ1) is 14.2. The van der Waals surface area contributed by atoms with E-state index in [0.717, 1.165) is 30.9 Å². The van der Waals surface area contributed by atoms with Gasteiger partial charge >= 0.3 is 0 Å². The van der Waals surface area contributed by atoms with Crippen molar-refractivity contribution in [3.63, 3.8) is 0 Å². The average Bonchev–Trinajstić information content (AvgIpc) is 3.16. The highest BCUT2D eigenvalue weighted by Gasteiger charge is 2.15. The van der Waals surface area contributed by atoms with Crippen LogP contribution in [0.15, 0.2) is 47.0 Å². The Morgan fingerprint density at radius 3 is 2.86 bits per heavy atom. The molecule has 0 bridgehead atoms. The smallest absolute Gasteiger partial charge is 0.167 e. The Hall–Kier alpha value is -3.30. The summed E-state index contributed by atoms with van der Waals surface area (Å²) in [5, 5.41) is 24.1. The van der Waals surface area contributed by atoms with Crippen molar-refractivity contribution in [3.8, 4) is 17.6 Å². The Labute approximate surface area is 169 Å². The highest BCUT2D eigenvalue weighted by atomic mass is 16.5. The first-order valence-electron chi connectivity index (χ1n) is 9.89. The number of piperidine rings is 1. The van der Waals surface area contributed by atoms with E-state index in [0.29, 0.717) is 28.8 Å². The van der Waals surface area contributed by atoms with E-state index in [9.17, 15) is 10.4 Å². The first-order valence-corrected chi connectivity index (χ1v) is 9.89. The number of hydrogen-bond acceptors (Lipinski definition) is 6. The Morgan fingerprint density at radius 1 is 1.21 bits per heavy atom. The summed E-state index contributed by atoms with van der Waals surface area (Å²) in [6, 6.07) is 14.5. The molecule has 1 N–H and O–H groups in total. The number of nitrogens with zero attached hydrogens (tertiary/aromatic N) is 3. The van der Waals surface area contributed by atoms with Crippen molar-refractivity contribution >= 4 is 22.6 Å². The molecular weight excluding hydrogens is 366 g/mol. The van der Waals surface area contributed by atoms with Gasteiger partial charge in [-0.15, -0.1) is 0 Å². The van der Waals surface area contributed by atoms with Gasteiger partial charge in [0.05, 0.1) is 11.0 Å². The number of aromatic hydroxyl groups is 1. The van der Waals surface area contributed by atoms with Crippen molar-refractivity contribution in [3.05, 3.63) is 53.7 Å². The maximum atomic E-state index is 9.77. The van der Waals surface area contributed by atoms with Crippen LogP contribution in [0.3, 0.4) is 0 Å². The van der Waals surface area contributed by atoms with Gasteiger partial charge in [0.1, 0.15) is 29.9 Å². The van der Waals surface area contributed by atoms with Crippen molar-refractivity contribution in [2.45, 2.75) is 19.3 Å². The van der Waals surface area contributed by atoms with E-state index in [1.54, 1.807) is 18.2 Å². The van der Waals surface area contributed by atoms with Gasteiger partial charge in [-0.05, 0) is 56.3 Å². The number of hydrogen-bond donors (Lipinski definition) is 1. The third-order valence-corrected chi connectivity index (χ3v) is 5.16. The molecule has 29 heavy (non-hydrogen) atoms. The molecule has 1 fully saturated rings. The van der Waals surface area contributed by atoms with E-state index in [1.807, 2.05) is 24.3 Å². The monoisotopic (exact) mass is 389 g/mol. The molecule has 0 radical (unpaired) electrons. The number of likely N-dealkylation sites (tertiary alicyclic amines) is 1. The molecule has 0 amide bonds. The number of aromatic nitrogens is 1. The molecule has 1 aliphatic heterocycles. The van der Waals surface area contributed by atoms with Crippen molar-refractivity contribution in [2.75, 3.05) is 26.2 Å². The molecule has 0 spiro atoms. The second kappa shape index (κ2) is 8.80. The van der Waals surface area contributed by atoms with E-state index in [-0.39, 0.29) is 5.75 Å². The molecule has 6 heteroatoms. The molecule has 2 aromatic carbocycles. The highest BCUT2D eigenvalue weighted by molar-refractivity contribution is 5.99. The highest BCUT2D eigenvalue weighted by Crippen LogP contribution is 2.30. The van der Waals surface area contributed by atoms with Gasteiger partial charge < -0.3 is 14.4 Å². The first kappa shape index (κ1) is 19.0. The number of rotatable bonds is 6. The van der Waals surface area contributed by atoms with Crippen LogP contribution in [0.2, 0.25) is 0 Å². The number of para-hydroxylation sites is 1. The number of allylic oxidation sites excluding steroid dienone is 1. The molecule has 0 saturated carbocycles. The molecular formula is C23H23N3O3. The van der Waals surface area contributed by atoms with Gasteiger partial charge in [0.15, 0.2) is 5.58 Å². The molecule has 148 valence electrons. The second-order valence-electron chi connectivity index (χ2n) is 7.17. The van der Waals surface area contributed by atoms with Crippen LogP contribution in [0.25, 0.3) is 22.6 Å². The van der Waals surface area contributed by atoms with Crippen LogP contribution in [-0.2, 0) is 0 Å². The predicted octanol–water partition coefficient (Wildman–Crippen LogP) is 4.46. The molecule has 2 heterocycles. The second-order valence-corrected chi connectivity index (χ2v) is 7.17. The lowest BCUT2D eigenvalue weighted by Gasteiger charge is -2.26. The predicted molar refractivity (Wildman–Crippen MR) is 111 cm³/mol. The number of ether oxygens (including phenoxy) is 1. The van der Waals surface area contributed by atoms with Crippen molar-refractivity contribution < 1.29 is 14.4 Å². The fourth-order valence-corrected chi connectivity index (χ4v) is 3.63. The summed E-state index contributed by atoms with van der Waals surface area (Å²) in [5.41, 5.74) is 2.08. The fraction of sp³-hybridized carbons (Fsp3) is 0.304. The van der Waals surface area contributed by atoms with Crippen LogP contribution in [0.4, 0.5) is 0 Å². The summed E-state index contributed by atoms with van der Waals surface area (Å²) in [6.07, 6.45) is 5.58. The lowest BCUT2D eigenvalue weighted by atomic mass is 10.1. The molecule has 0 aliphatic carbocycles.